The van der Waals surface area contributed by atoms with Crippen LogP contribution in [0.5, 0.6) is 0 Å². The van der Waals surface area contributed by atoms with Crippen LogP contribution in [0, 0.1) is 11.8 Å². The van der Waals surface area contributed by atoms with E-state index in [0.29, 0.717) is 5.92 Å². The molecule has 0 aliphatic carbocycles. The Kier molecular flexibility index (Phi) is 12.7. The molecular weight excluding hydrogens is 428 g/mol. The Morgan fingerprint density at radius 2 is 1.79 bits per heavy atom. The summed E-state index contributed by atoms with van der Waals surface area (Å²) in [4.78, 5) is 8.64. The molecule has 0 fully saturated rings. The average Bonchev–Trinajstić information content (AvgIpc) is 2.78. The molecule has 33 heavy (non-hydrogen) atoms. The molecular formula is C28H45ClN4. The molecule has 2 rings (SSSR count). The number of benzene rings is 1. The molecule has 0 radical (unpaired) electrons. The van der Waals surface area contributed by atoms with Crippen LogP contribution in [0.3, 0.4) is 0 Å². The van der Waals surface area contributed by atoms with Gasteiger partial charge < -0.3 is 11.1 Å². The van der Waals surface area contributed by atoms with Crippen LogP contribution in [-0.4, -0.2) is 15.5 Å². The fourth-order valence-electron chi connectivity index (χ4n) is 3.51. The van der Waals surface area contributed by atoms with Gasteiger partial charge in [0.05, 0.1) is 11.0 Å². The lowest BCUT2D eigenvalue weighted by atomic mass is 9.87. The van der Waals surface area contributed by atoms with E-state index in [0.717, 1.165) is 59.1 Å². The maximum atomic E-state index is 6.44. The van der Waals surface area contributed by atoms with Crippen LogP contribution in [-0.2, 0) is 6.54 Å². The number of hydrogen-bond donors (Lipinski definition) is 2. The van der Waals surface area contributed by atoms with E-state index in [1.165, 1.54) is 12.0 Å². The van der Waals surface area contributed by atoms with Gasteiger partial charge in [0.2, 0.25) is 0 Å². The number of nitrogens with one attached hydrogen (secondary N) is 1. The second-order valence-corrected chi connectivity index (χ2v) is 10.2. The molecule has 0 amide bonds. The van der Waals surface area contributed by atoms with Gasteiger partial charge in [0.25, 0.3) is 0 Å². The second-order valence-electron chi connectivity index (χ2n) is 9.79. The zero-order valence-corrected chi connectivity index (χ0v) is 22.8. The Morgan fingerprint density at radius 1 is 1.15 bits per heavy atom. The molecule has 1 aromatic heterocycles. The van der Waals surface area contributed by atoms with Crippen molar-refractivity contribution in [3.63, 3.8) is 0 Å². The van der Waals surface area contributed by atoms with Gasteiger partial charge in [0.15, 0.2) is 0 Å². The summed E-state index contributed by atoms with van der Waals surface area (Å²) in [6, 6.07) is 6.15. The van der Waals surface area contributed by atoms with E-state index in [4.69, 9.17) is 17.3 Å². The first-order valence-corrected chi connectivity index (χ1v) is 12.6. The number of hydrogen-bond acceptors (Lipinski definition) is 4. The van der Waals surface area contributed by atoms with Gasteiger partial charge in [-0.3, -0.25) is 9.97 Å². The summed E-state index contributed by atoms with van der Waals surface area (Å²) in [5.74, 6) is 1.32. The maximum absolute atomic E-state index is 6.44. The summed E-state index contributed by atoms with van der Waals surface area (Å²) >= 11 is 6.44. The first kappa shape index (κ1) is 29.1. The van der Waals surface area contributed by atoms with Crippen molar-refractivity contribution >= 4 is 22.6 Å². The molecule has 2 aromatic rings. The van der Waals surface area contributed by atoms with Gasteiger partial charge >= 0.3 is 0 Å². The molecule has 3 N–H and O–H groups in total. The van der Waals surface area contributed by atoms with Gasteiger partial charge in [0.1, 0.15) is 0 Å². The summed E-state index contributed by atoms with van der Waals surface area (Å²) in [6.07, 6.45) is 9.87. The topological polar surface area (TPSA) is 63.8 Å². The predicted molar refractivity (Wildman–Crippen MR) is 145 cm³/mol. The van der Waals surface area contributed by atoms with E-state index in [-0.39, 0.29) is 5.54 Å². The molecule has 0 saturated carbocycles. The maximum Gasteiger partial charge on any atom is 0.0890 e. The number of allylic oxidation sites excluding steroid dienone is 3. The first-order chi connectivity index (χ1) is 15.5. The fraction of sp³-hybridized carbons (Fsp3) is 0.571. The summed E-state index contributed by atoms with van der Waals surface area (Å²) in [5, 5.41) is 4.40. The minimum absolute atomic E-state index is 0.0649. The molecule has 0 spiro atoms. The van der Waals surface area contributed by atoms with E-state index >= 15 is 0 Å². The number of aromatic nitrogens is 2. The first-order valence-electron chi connectivity index (χ1n) is 12.3. The molecule has 5 heteroatoms. The van der Waals surface area contributed by atoms with Crippen LogP contribution in [0.4, 0.5) is 0 Å². The molecule has 0 saturated heterocycles. The largest absolute Gasteiger partial charge is 0.381 e. The van der Waals surface area contributed by atoms with Crippen molar-refractivity contribution in [2.75, 3.05) is 0 Å². The third kappa shape index (κ3) is 10.7. The van der Waals surface area contributed by atoms with Crippen LogP contribution in [0.2, 0.25) is 0 Å². The molecule has 0 aliphatic heterocycles. The highest BCUT2D eigenvalue weighted by molar-refractivity contribution is 6.30. The van der Waals surface area contributed by atoms with Crippen molar-refractivity contribution in [2.45, 2.75) is 93.2 Å². The van der Waals surface area contributed by atoms with Gasteiger partial charge in [-0.15, -0.1) is 0 Å². The smallest absolute Gasteiger partial charge is 0.0890 e. The Balaban J connectivity index is 0.000000461. The summed E-state index contributed by atoms with van der Waals surface area (Å²) in [7, 11) is 0. The monoisotopic (exact) mass is 472 g/mol. The van der Waals surface area contributed by atoms with Gasteiger partial charge in [0, 0.05) is 35.2 Å². The fourth-order valence-corrected chi connectivity index (χ4v) is 3.92. The predicted octanol–water partition coefficient (Wildman–Crippen LogP) is 7.73. The van der Waals surface area contributed by atoms with Crippen molar-refractivity contribution in [3.8, 4) is 0 Å². The molecule has 1 unspecified atom stereocenters. The number of nitrogens with two attached hydrogens (primary N) is 1. The van der Waals surface area contributed by atoms with Crippen LogP contribution in [0.25, 0.3) is 11.0 Å². The molecule has 1 aromatic carbocycles. The highest BCUT2D eigenvalue weighted by Gasteiger charge is 2.17. The van der Waals surface area contributed by atoms with Crippen molar-refractivity contribution in [1.82, 2.24) is 15.3 Å². The normalized spacial score (nSPS) is 15.4. The van der Waals surface area contributed by atoms with Crippen molar-refractivity contribution in [1.29, 1.82) is 0 Å². The zero-order valence-electron chi connectivity index (χ0n) is 22.0. The van der Waals surface area contributed by atoms with Crippen LogP contribution in [0.1, 0.15) is 86.6 Å². The molecule has 4 nitrogen and oxygen atoms in total. The van der Waals surface area contributed by atoms with Gasteiger partial charge in [-0.25, -0.2) is 0 Å². The number of fused-ring (bicyclic) bond motifs is 1. The van der Waals surface area contributed by atoms with Crippen LogP contribution < -0.4 is 11.1 Å². The number of halogens is 1. The molecule has 2 atom stereocenters. The van der Waals surface area contributed by atoms with Crippen molar-refractivity contribution in [3.05, 3.63) is 58.5 Å². The molecule has 184 valence electrons. The lowest BCUT2D eigenvalue weighted by Gasteiger charge is -2.25. The lowest BCUT2D eigenvalue weighted by Crippen LogP contribution is -2.36. The SMILES string of the molecule is C/C=C(NCc1ccc2nccnc2c1)\C(C)=C(\Cl)CC(C)C.CC[C@@H](C)CC(C)(N)CC. The lowest BCUT2D eigenvalue weighted by molar-refractivity contribution is 0.339. The van der Waals surface area contributed by atoms with Gasteiger partial charge in [-0.1, -0.05) is 64.8 Å². The Labute approximate surface area is 207 Å². The van der Waals surface area contributed by atoms with Crippen molar-refractivity contribution in [2.24, 2.45) is 17.6 Å². The standard InChI is InChI=1S/C19H24ClN3.C9H21N/c1-5-17(14(4)16(20)10-13(2)3)23-12-15-6-7-18-19(11-15)22-9-8-21-18;1-5-8(3)7-9(4,10)6-2/h5-9,11,13,23H,10,12H2,1-4H3;8H,5-7,10H2,1-4H3/b16-14+,17-5+;/t;8-,9?/m.1/s1. The summed E-state index contributed by atoms with van der Waals surface area (Å²) < 4.78 is 0. The zero-order chi connectivity index (χ0) is 25.0. The third-order valence-electron chi connectivity index (χ3n) is 6.02. The van der Waals surface area contributed by atoms with E-state index in [1.54, 1.807) is 12.4 Å². The average molecular weight is 473 g/mol. The number of rotatable bonds is 10. The Morgan fingerprint density at radius 3 is 2.33 bits per heavy atom. The molecule has 0 bridgehead atoms. The Hall–Kier alpha value is -1.91. The quantitative estimate of drug-likeness (QED) is 0.347. The number of nitrogens with zero attached hydrogens (tertiary/aromatic N) is 2. The van der Waals surface area contributed by atoms with E-state index in [9.17, 15) is 0 Å². The van der Waals surface area contributed by atoms with Gasteiger partial charge in [-0.2, -0.15) is 0 Å². The minimum Gasteiger partial charge on any atom is -0.381 e. The highest BCUT2D eigenvalue weighted by atomic mass is 35.5. The highest BCUT2D eigenvalue weighted by Crippen LogP contribution is 2.23. The minimum atomic E-state index is 0.0649. The van der Waals surface area contributed by atoms with Gasteiger partial charge in [-0.05, 0) is 75.1 Å². The second kappa shape index (κ2) is 14.4. The van der Waals surface area contributed by atoms with Crippen molar-refractivity contribution < 1.29 is 0 Å². The van der Waals surface area contributed by atoms with Crippen LogP contribution in [0.15, 0.2) is 53.0 Å². The summed E-state index contributed by atoms with van der Waals surface area (Å²) in [5.41, 5.74) is 11.3. The van der Waals surface area contributed by atoms with E-state index in [2.05, 4.69) is 82.0 Å². The Bertz CT molecular complexity index is 915. The van der Waals surface area contributed by atoms with E-state index in [1.807, 2.05) is 13.0 Å². The summed E-state index contributed by atoms with van der Waals surface area (Å²) in [6.45, 7) is 18.0. The van der Waals surface area contributed by atoms with E-state index < -0.39 is 0 Å². The molecule has 1 heterocycles. The molecule has 0 aliphatic rings. The third-order valence-corrected chi connectivity index (χ3v) is 6.46. The van der Waals surface area contributed by atoms with Crippen LogP contribution >= 0.6 is 11.6 Å².